The van der Waals surface area contributed by atoms with E-state index in [1.54, 1.807) is 18.2 Å². The second-order valence-electron chi connectivity index (χ2n) is 5.79. The van der Waals surface area contributed by atoms with E-state index in [1.165, 1.54) is 60.6 Å². The third-order valence-electron chi connectivity index (χ3n) is 3.66. The van der Waals surface area contributed by atoms with Crippen molar-refractivity contribution in [3.05, 3.63) is 77.1 Å². The molecular weight excluding hydrogens is 430 g/mol. The first-order chi connectivity index (χ1) is 14.3. The number of nitro groups is 1. The van der Waals surface area contributed by atoms with E-state index < -0.39 is 14.9 Å². The number of nitro benzene ring substituents is 1. The highest BCUT2D eigenvalue weighted by Crippen LogP contribution is 2.22. The minimum atomic E-state index is -3.85. The van der Waals surface area contributed by atoms with E-state index >= 15 is 0 Å². The van der Waals surface area contributed by atoms with Gasteiger partial charge in [-0.3, -0.25) is 14.9 Å². The van der Waals surface area contributed by atoms with Gasteiger partial charge in [0, 0.05) is 35.1 Å². The van der Waals surface area contributed by atoms with E-state index in [0.29, 0.717) is 10.6 Å². The number of sulfonamides is 1. The van der Waals surface area contributed by atoms with Crippen LogP contribution in [-0.2, 0) is 14.8 Å². The number of hydrogen-bond acceptors (Lipinski definition) is 8. The third-order valence-corrected chi connectivity index (χ3v) is 6.01. The van der Waals surface area contributed by atoms with Crippen molar-refractivity contribution in [2.75, 3.05) is 15.8 Å². The Kier molecular flexibility index (Phi) is 6.59. The molecule has 2 aromatic carbocycles. The first kappa shape index (κ1) is 21.2. The lowest BCUT2D eigenvalue weighted by Crippen LogP contribution is -2.16. The molecule has 1 aromatic heterocycles. The minimum absolute atomic E-state index is 0.00629. The second-order valence-corrected chi connectivity index (χ2v) is 8.52. The van der Waals surface area contributed by atoms with Gasteiger partial charge in [0.25, 0.3) is 15.7 Å². The van der Waals surface area contributed by atoms with Crippen LogP contribution in [0.25, 0.3) is 0 Å². The topological polar surface area (TPSA) is 144 Å². The summed E-state index contributed by atoms with van der Waals surface area (Å²) in [6.45, 7) is 0. The van der Waals surface area contributed by atoms with Gasteiger partial charge >= 0.3 is 0 Å². The highest BCUT2D eigenvalue weighted by atomic mass is 32.2. The van der Waals surface area contributed by atoms with Crippen LogP contribution in [0.5, 0.6) is 0 Å². The number of amides is 1. The molecule has 0 unspecified atom stereocenters. The summed E-state index contributed by atoms with van der Waals surface area (Å²) in [4.78, 5) is 30.6. The minimum Gasteiger partial charge on any atom is -0.325 e. The molecule has 0 saturated carbocycles. The molecule has 3 rings (SSSR count). The van der Waals surface area contributed by atoms with Gasteiger partial charge in [-0.25, -0.2) is 23.1 Å². The fraction of sp³-hybridized carbons (Fsp3) is 0.0556. The fourth-order valence-electron chi connectivity index (χ4n) is 2.26. The number of aromatic nitrogens is 2. The predicted octanol–water partition coefficient (Wildman–Crippen LogP) is 2.92. The molecule has 3 aromatic rings. The monoisotopic (exact) mass is 445 g/mol. The smallest absolute Gasteiger partial charge is 0.269 e. The number of nitrogens with one attached hydrogen (secondary N) is 2. The van der Waals surface area contributed by atoms with E-state index in [0.717, 1.165) is 0 Å². The van der Waals surface area contributed by atoms with Crippen molar-refractivity contribution in [2.45, 2.75) is 9.79 Å². The molecule has 0 aliphatic carbocycles. The molecule has 0 fully saturated rings. The Bertz CT molecular complexity index is 1140. The maximum atomic E-state index is 12.3. The van der Waals surface area contributed by atoms with Gasteiger partial charge in [0.2, 0.25) is 11.9 Å². The van der Waals surface area contributed by atoms with Gasteiger partial charge in [-0.2, -0.15) is 0 Å². The van der Waals surface area contributed by atoms with Crippen LogP contribution in [0.1, 0.15) is 0 Å². The Balaban J connectivity index is 1.55. The molecule has 12 heteroatoms. The molecule has 1 amide bonds. The average Bonchev–Trinajstić information content (AvgIpc) is 2.73. The van der Waals surface area contributed by atoms with Crippen LogP contribution in [0.2, 0.25) is 0 Å². The van der Waals surface area contributed by atoms with Gasteiger partial charge < -0.3 is 5.32 Å². The highest BCUT2D eigenvalue weighted by Gasteiger charge is 2.15. The third kappa shape index (κ3) is 5.75. The van der Waals surface area contributed by atoms with E-state index in [1.807, 2.05) is 0 Å². The van der Waals surface area contributed by atoms with Crippen LogP contribution in [0.3, 0.4) is 0 Å². The quantitative estimate of drug-likeness (QED) is 0.306. The largest absolute Gasteiger partial charge is 0.325 e. The van der Waals surface area contributed by atoms with Crippen LogP contribution in [0.4, 0.5) is 17.3 Å². The molecule has 0 radical (unpaired) electrons. The molecular formula is C18H15N5O5S2. The van der Waals surface area contributed by atoms with Crippen LogP contribution >= 0.6 is 11.8 Å². The number of carbonyl (C=O) groups excluding carboxylic acids is 1. The van der Waals surface area contributed by atoms with Crippen molar-refractivity contribution >= 4 is 45.0 Å². The molecule has 0 aliphatic heterocycles. The number of hydrogen-bond donors (Lipinski definition) is 2. The zero-order valence-electron chi connectivity index (χ0n) is 15.3. The summed E-state index contributed by atoms with van der Waals surface area (Å²) in [5.41, 5.74) is 0.409. The van der Waals surface area contributed by atoms with Gasteiger partial charge in [-0.15, -0.1) is 11.8 Å². The Labute approximate surface area is 176 Å². The lowest BCUT2D eigenvalue weighted by molar-refractivity contribution is -0.384. The van der Waals surface area contributed by atoms with E-state index in [-0.39, 0.29) is 28.2 Å². The van der Waals surface area contributed by atoms with Crippen molar-refractivity contribution in [1.29, 1.82) is 0 Å². The van der Waals surface area contributed by atoms with Crippen LogP contribution < -0.4 is 10.0 Å². The predicted molar refractivity (Wildman–Crippen MR) is 112 cm³/mol. The standard InChI is InChI=1S/C18H15N5O5S2/c24-17(12-29-15-6-4-14(5-7-15)23(25)26)21-13-2-8-16(9-3-13)30(27,28)22-18-19-10-1-11-20-18/h1-11H,12H2,(H,21,24)(H,19,20,22). The number of nitrogens with zero attached hydrogens (tertiary/aromatic N) is 3. The molecule has 10 nitrogen and oxygen atoms in total. The number of thioether (sulfide) groups is 1. The molecule has 2 N–H and O–H groups in total. The number of anilines is 2. The highest BCUT2D eigenvalue weighted by molar-refractivity contribution is 8.00. The Morgan fingerprint density at radius 1 is 1.03 bits per heavy atom. The van der Waals surface area contributed by atoms with Crippen molar-refractivity contribution in [1.82, 2.24) is 9.97 Å². The molecule has 0 bridgehead atoms. The molecule has 0 spiro atoms. The van der Waals surface area contributed by atoms with Crippen molar-refractivity contribution in [3.8, 4) is 0 Å². The average molecular weight is 445 g/mol. The Morgan fingerprint density at radius 3 is 2.27 bits per heavy atom. The van der Waals surface area contributed by atoms with Gasteiger partial charge in [0.05, 0.1) is 15.6 Å². The normalized spacial score (nSPS) is 10.9. The molecule has 1 heterocycles. The van der Waals surface area contributed by atoms with E-state index in [9.17, 15) is 23.3 Å². The molecule has 30 heavy (non-hydrogen) atoms. The summed E-state index contributed by atoms with van der Waals surface area (Å²) in [5.74, 6) is -0.256. The first-order valence-electron chi connectivity index (χ1n) is 8.40. The number of carbonyl (C=O) groups is 1. The fourth-order valence-corrected chi connectivity index (χ4v) is 3.91. The summed E-state index contributed by atoms with van der Waals surface area (Å²) < 4.78 is 26.9. The Morgan fingerprint density at radius 2 is 1.67 bits per heavy atom. The summed E-state index contributed by atoms with van der Waals surface area (Å²) in [6, 6.07) is 13.1. The summed E-state index contributed by atoms with van der Waals surface area (Å²) in [7, 11) is -3.85. The number of benzene rings is 2. The zero-order chi connectivity index (χ0) is 21.6. The SMILES string of the molecule is O=C(CSc1ccc([N+](=O)[O-])cc1)Nc1ccc(S(=O)(=O)Nc2ncccn2)cc1. The van der Waals surface area contributed by atoms with Gasteiger partial charge in [0.15, 0.2) is 0 Å². The molecule has 0 atom stereocenters. The summed E-state index contributed by atoms with van der Waals surface area (Å²) >= 11 is 1.22. The maximum absolute atomic E-state index is 12.3. The van der Waals surface area contributed by atoms with Crippen molar-refractivity contribution in [2.24, 2.45) is 0 Å². The van der Waals surface area contributed by atoms with Crippen LogP contribution in [0, 0.1) is 10.1 Å². The van der Waals surface area contributed by atoms with Crippen molar-refractivity contribution in [3.63, 3.8) is 0 Å². The second kappa shape index (κ2) is 9.33. The van der Waals surface area contributed by atoms with Gasteiger partial charge in [-0.1, -0.05) is 0 Å². The zero-order valence-corrected chi connectivity index (χ0v) is 16.9. The summed E-state index contributed by atoms with van der Waals surface area (Å²) in [6.07, 6.45) is 2.83. The Hall–Kier alpha value is -3.51. The van der Waals surface area contributed by atoms with Crippen LogP contribution in [0.15, 0.2) is 76.8 Å². The number of non-ortho nitro benzene ring substituents is 1. The summed E-state index contributed by atoms with van der Waals surface area (Å²) in [5, 5.41) is 13.3. The van der Waals surface area contributed by atoms with Gasteiger partial charge in [-0.05, 0) is 42.5 Å². The molecule has 154 valence electrons. The maximum Gasteiger partial charge on any atom is 0.269 e. The first-order valence-corrected chi connectivity index (χ1v) is 10.9. The molecule has 0 saturated heterocycles. The lowest BCUT2D eigenvalue weighted by atomic mass is 10.3. The van der Waals surface area contributed by atoms with Crippen molar-refractivity contribution < 1.29 is 18.1 Å². The lowest BCUT2D eigenvalue weighted by Gasteiger charge is -2.08. The van der Waals surface area contributed by atoms with E-state index in [4.69, 9.17) is 0 Å². The van der Waals surface area contributed by atoms with Crippen LogP contribution in [-0.4, -0.2) is 35.0 Å². The molecule has 0 aliphatic rings. The number of rotatable bonds is 8. The van der Waals surface area contributed by atoms with Gasteiger partial charge in [0.1, 0.15) is 0 Å². The van der Waals surface area contributed by atoms with E-state index in [2.05, 4.69) is 20.0 Å².